The number of nitrogens with one attached hydrogen (secondary N) is 1. The average Bonchev–Trinajstić information content (AvgIpc) is 2.98. The second-order valence-electron chi connectivity index (χ2n) is 6.23. The molecule has 1 amide bonds. The lowest BCUT2D eigenvalue weighted by atomic mass is 9.99. The summed E-state index contributed by atoms with van der Waals surface area (Å²) in [6.07, 6.45) is 5.19. The van der Waals surface area contributed by atoms with E-state index in [0.29, 0.717) is 16.8 Å². The zero-order valence-corrected chi connectivity index (χ0v) is 14.9. The van der Waals surface area contributed by atoms with Crippen LogP contribution in [0.1, 0.15) is 47.2 Å². The van der Waals surface area contributed by atoms with Crippen molar-refractivity contribution in [3.8, 4) is 0 Å². The first-order valence-corrected chi connectivity index (χ1v) is 8.70. The zero-order valence-electron chi connectivity index (χ0n) is 14.1. The molecule has 0 aromatic carbocycles. The van der Waals surface area contributed by atoms with Gasteiger partial charge >= 0.3 is 0 Å². The van der Waals surface area contributed by atoms with Crippen LogP contribution >= 0.6 is 11.6 Å². The summed E-state index contributed by atoms with van der Waals surface area (Å²) in [6.45, 7) is 1.83. The van der Waals surface area contributed by atoms with E-state index in [9.17, 15) is 4.79 Å². The first kappa shape index (κ1) is 17.0. The van der Waals surface area contributed by atoms with Crippen molar-refractivity contribution in [2.75, 3.05) is 13.6 Å². The number of carbonyl (C=O) groups is 1. The van der Waals surface area contributed by atoms with Crippen LogP contribution in [0.4, 0.5) is 0 Å². The van der Waals surface area contributed by atoms with Crippen LogP contribution in [0.5, 0.6) is 0 Å². The van der Waals surface area contributed by atoms with Gasteiger partial charge in [-0.25, -0.2) is 0 Å². The molecule has 1 aliphatic heterocycles. The molecule has 2 aromatic rings. The lowest BCUT2D eigenvalue weighted by Crippen LogP contribution is -2.34. The molecular formula is C18H23ClN4O. The molecule has 0 bridgehead atoms. The van der Waals surface area contributed by atoms with Crippen LogP contribution in [0, 0.1) is 0 Å². The Balaban J connectivity index is 1.83. The van der Waals surface area contributed by atoms with Crippen LogP contribution in [0.15, 0.2) is 30.5 Å². The molecule has 1 atom stereocenters. The topological polar surface area (TPSA) is 50.2 Å². The molecule has 1 aliphatic rings. The molecule has 0 spiro atoms. The lowest BCUT2D eigenvalue weighted by molar-refractivity contribution is 0.0952. The van der Waals surface area contributed by atoms with E-state index in [0.717, 1.165) is 25.2 Å². The minimum absolute atomic E-state index is 0.0505. The van der Waals surface area contributed by atoms with Crippen molar-refractivity contribution in [3.63, 3.8) is 0 Å². The molecule has 1 N–H and O–H groups in total. The number of carbonyl (C=O) groups excluding carboxylic acids is 1. The van der Waals surface area contributed by atoms with Gasteiger partial charge in [0.25, 0.3) is 5.91 Å². The standard InChI is InChI=1S/C18H23ClN4O/c1-20-18(24)17-9-8-15(22(17)2)16-5-3-4-10-23(16)12-14-7-6-13(19)11-21-14/h6-9,11,16H,3-5,10,12H2,1-2H3,(H,20,24)/t16-/m1/s1. The van der Waals surface area contributed by atoms with Gasteiger partial charge in [-0.05, 0) is 43.7 Å². The van der Waals surface area contributed by atoms with Crippen LogP contribution in [0.3, 0.4) is 0 Å². The van der Waals surface area contributed by atoms with Crippen molar-refractivity contribution in [2.24, 2.45) is 7.05 Å². The number of aromatic nitrogens is 2. The quantitative estimate of drug-likeness (QED) is 0.925. The van der Waals surface area contributed by atoms with Gasteiger partial charge in [-0.15, -0.1) is 0 Å². The van der Waals surface area contributed by atoms with E-state index >= 15 is 0 Å². The van der Waals surface area contributed by atoms with Gasteiger partial charge in [-0.2, -0.15) is 0 Å². The SMILES string of the molecule is CNC(=O)c1ccc([C@H]2CCCCN2Cc2ccc(Cl)cn2)n1C. The van der Waals surface area contributed by atoms with Crippen LogP contribution < -0.4 is 5.32 Å². The summed E-state index contributed by atoms with van der Waals surface area (Å²) < 4.78 is 2.01. The third-order valence-electron chi connectivity index (χ3n) is 4.73. The Bertz CT molecular complexity index is 710. The summed E-state index contributed by atoms with van der Waals surface area (Å²) in [5.74, 6) is -0.0505. The molecule has 1 fully saturated rings. The zero-order chi connectivity index (χ0) is 17.1. The molecule has 2 aromatic heterocycles. The van der Waals surface area contributed by atoms with Crippen molar-refractivity contribution in [1.82, 2.24) is 19.8 Å². The second-order valence-corrected chi connectivity index (χ2v) is 6.67. The maximum Gasteiger partial charge on any atom is 0.267 e. The molecule has 3 heterocycles. The molecule has 0 saturated carbocycles. The Kier molecular flexibility index (Phi) is 5.21. The highest BCUT2D eigenvalue weighted by atomic mass is 35.5. The third kappa shape index (κ3) is 3.47. The molecule has 128 valence electrons. The third-order valence-corrected chi connectivity index (χ3v) is 4.95. The van der Waals surface area contributed by atoms with Gasteiger partial charge in [0.2, 0.25) is 0 Å². The van der Waals surface area contributed by atoms with Crippen LogP contribution in [0.2, 0.25) is 5.02 Å². The molecular weight excluding hydrogens is 324 g/mol. The van der Waals surface area contributed by atoms with E-state index in [1.54, 1.807) is 13.2 Å². The maximum absolute atomic E-state index is 12.0. The summed E-state index contributed by atoms with van der Waals surface area (Å²) in [6, 6.07) is 8.15. The van der Waals surface area contributed by atoms with Crippen molar-refractivity contribution in [2.45, 2.75) is 31.8 Å². The molecule has 0 radical (unpaired) electrons. The van der Waals surface area contributed by atoms with Gasteiger partial charge in [0.1, 0.15) is 5.69 Å². The van der Waals surface area contributed by atoms with Crippen molar-refractivity contribution >= 4 is 17.5 Å². The van der Waals surface area contributed by atoms with E-state index in [2.05, 4.69) is 21.3 Å². The Morgan fingerprint density at radius 2 is 2.17 bits per heavy atom. The van der Waals surface area contributed by atoms with E-state index in [-0.39, 0.29) is 5.91 Å². The Hall–Kier alpha value is -1.85. The summed E-state index contributed by atoms with van der Waals surface area (Å²) >= 11 is 5.93. The monoisotopic (exact) mass is 346 g/mol. The smallest absolute Gasteiger partial charge is 0.267 e. The number of halogens is 1. The minimum Gasteiger partial charge on any atom is -0.354 e. The van der Waals surface area contributed by atoms with E-state index in [1.807, 2.05) is 29.8 Å². The Labute approximate surface area is 147 Å². The fraction of sp³-hybridized carbons (Fsp3) is 0.444. The van der Waals surface area contributed by atoms with Gasteiger partial charge in [-0.3, -0.25) is 14.7 Å². The summed E-state index contributed by atoms with van der Waals surface area (Å²) in [4.78, 5) is 18.8. The molecule has 0 aliphatic carbocycles. The van der Waals surface area contributed by atoms with Gasteiger partial charge in [-0.1, -0.05) is 18.0 Å². The van der Waals surface area contributed by atoms with Crippen molar-refractivity contribution in [1.29, 1.82) is 0 Å². The number of pyridine rings is 1. The highest BCUT2D eigenvalue weighted by Gasteiger charge is 2.27. The van der Waals surface area contributed by atoms with Crippen molar-refractivity contribution in [3.05, 3.63) is 52.6 Å². The first-order chi connectivity index (χ1) is 11.6. The predicted molar refractivity (Wildman–Crippen MR) is 95.1 cm³/mol. The normalized spacial score (nSPS) is 18.5. The van der Waals surface area contributed by atoms with Crippen LogP contribution in [-0.4, -0.2) is 34.0 Å². The van der Waals surface area contributed by atoms with E-state index < -0.39 is 0 Å². The number of rotatable bonds is 4. The highest BCUT2D eigenvalue weighted by molar-refractivity contribution is 6.30. The van der Waals surface area contributed by atoms with Gasteiger partial charge < -0.3 is 9.88 Å². The van der Waals surface area contributed by atoms with Gasteiger partial charge in [0.15, 0.2) is 0 Å². The molecule has 24 heavy (non-hydrogen) atoms. The van der Waals surface area contributed by atoms with E-state index in [1.165, 1.54) is 18.5 Å². The Morgan fingerprint density at radius 1 is 1.33 bits per heavy atom. The maximum atomic E-state index is 12.0. The molecule has 6 heteroatoms. The minimum atomic E-state index is -0.0505. The Morgan fingerprint density at radius 3 is 2.88 bits per heavy atom. The molecule has 5 nitrogen and oxygen atoms in total. The fourth-order valence-electron chi connectivity index (χ4n) is 3.44. The fourth-order valence-corrected chi connectivity index (χ4v) is 3.55. The molecule has 3 rings (SSSR count). The number of nitrogens with zero attached hydrogens (tertiary/aromatic N) is 3. The summed E-state index contributed by atoms with van der Waals surface area (Å²) in [5.41, 5.74) is 2.90. The average molecular weight is 347 g/mol. The largest absolute Gasteiger partial charge is 0.354 e. The van der Waals surface area contributed by atoms with Crippen LogP contribution in [0.25, 0.3) is 0 Å². The molecule has 0 unspecified atom stereocenters. The number of hydrogen-bond acceptors (Lipinski definition) is 3. The highest BCUT2D eigenvalue weighted by Crippen LogP contribution is 2.32. The van der Waals surface area contributed by atoms with Gasteiger partial charge in [0.05, 0.1) is 16.8 Å². The predicted octanol–water partition coefficient (Wildman–Crippen LogP) is 3.16. The number of amides is 1. The molecule has 1 saturated heterocycles. The number of piperidine rings is 1. The number of likely N-dealkylation sites (tertiary alicyclic amines) is 1. The number of hydrogen-bond donors (Lipinski definition) is 1. The second kappa shape index (κ2) is 7.36. The summed E-state index contributed by atoms with van der Waals surface area (Å²) in [7, 11) is 3.63. The van der Waals surface area contributed by atoms with Crippen molar-refractivity contribution < 1.29 is 4.79 Å². The lowest BCUT2D eigenvalue weighted by Gasteiger charge is -2.36. The summed E-state index contributed by atoms with van der Waals surface area (Å²) in [5, 5.41) is 3.36. The van der Waals surface area contributed by atoms with Crippen LogP contribution in [-0.2, 0) is 13.6 Å². The van der Waals surface area contributed by atoms with Gasteiger partial charge in [0, 0.05) is 32.5 Å². The van der Waals surface area contributed by atoms with E-state index in [4.69, 9.17) is 11.6 Å². The first-order valence-electron chi connectivity index (χ1n) is 8.32.